The molecule has 0 fully saturated rings. The van der Waals surface area contributed by atoms with Crippen LogP contribution in [0.15, 0.2) is 54.0 Å². The molecule has 10 heteroatoms. The largest absolute Gasteiger partial charge is 0.455 e. The molecule has 0 unspecified atom stereocenters. The first-order valence-corrected chi connectivity index (χ1v) is 18.0. The van der Waals surface area contributed by atoms with E-state index in [1.807, 2.05) is 65.2 Å². The summed E-state index contributed by atoms with van der Waals surface area (Å²) in [5.74, 6) is -1.03. The maximum atomic E-state index is 14.1. The first-order valence-electron chi connectivity index (χ1n) is 17.1. The molecule has 0 spiro atoms. The molecule has 1 aromatic carbocycles. The van der Waals surface area contributed by atoms with Gasteiger partial charge >= 0.3 is 5.97 Å². The van der Waals surface area contributed by atoms with E-state index in [-0.39, 0.29) is 53.6 Å². The van der Waals surface area contributed by atoms with Crippen LogP contribution in [-0.4, -0.2) is 57.1 Å². The molecule has 2 amide bonds. The molecule has 0 aliphatic rings. The van der Waals surface area contributed by atoms with Crippen molar-refractivity contribution in [2.45, 2.75) is 98.8 Å². The summed E-state index contributed by atoms with van der Waals surface area (Å²) < 4.78 is 7.57. The summed E-state index contributed by atoms with van der Waals surface area (Å²) in [6, 6.07) is 13.3. The smallest absolute Gasteiger partial charge is 0.303 e. The van der Waals surface area contributed by atoms with E-state index in [0.29, 0.717) is 29.5 Å². The van der Waals surface area contributed by atoms with Gasteiger partial charge in [0.15, 0.2) is 11.9 Å². The molecular formula is C38H54N4O5S. The molecular weight excluding hydrogens is 625 g/mol. The molecule has 0 aliphatic heterocycles. The van der Waals surface area contributed by atoms with Gasteiger partial charge in [0.25, 0.3) is 5.91 Å². The van der Waals surface area contributed by atoms with Crippen molar-refractivity contribution in [2.24, 2.45) is 30.7 Å². The molecule has 2 aromatic heterocycles. The maximum absolute atomic E-state index is 14.1. The van der Waals surface area contributed by atoms with Crippen molar-refractivity contribution in [3.8, 4) is 0 Å². The standard InChI is InChI=1S/C38H54N4O5S/c1-10-26(6)30(21-34(44)32-17-14-18-41(32)8)38(46)42(9)33(25(4)5)22-35(47-27(7)43)37-40-31(23-48-37)36(45)39-29(19-24(2)3)20-28-15-12-11-13-16-28/h11-18,23-26,29-30,33,35H,10,19-22H2,1-9H3,(H,39,45)/t26-,29+,30-,33+,35+/m0/s1. The molecule has 0 saturated heterocycles. The van der Waals surface area contributed by atoms with Crippen molar-refractivity contribution < 1.29 is 23.9 Å². The Labute approximate surface area is 290 Å². The monoisotopic (exact) mass is 678 g/mol. The van der Waals surface area contributed by atoms with Crippen molar-refractivity contribution in [1.29, 1.82) is 0 Å². The molecule has 2 heterocycles. The van der Waals surface area contributed by atoms with E-state index in [2.05, 4.69) is 36.3 Å². The Balaban J connectivity index is 1.81. The number of nitrogens with zero attached hydrogens (tertiary/aromatic N) is 3. The van der Waals surface area contributed by atoms with E-state index in [0.717, 1.165) is 18.4 Å². The minimum Gasteiger partial charge on any atom is -0.455 e. The summed E-state index contributed by atoms with van der Waals surface area (Å²) >= 11 is 1.27. The van der Waals surface area contributed by atoms with Crippen LogP contribution in [0.3, 0.4) is 0 Å². The summed E-state index contributed by atoms with van der Waals surface area (Å²) in [7, 11) is 3.59. The molecule has 3 rings (SSSR count). The van der Waals surface area contributed by atoms with Gasteiger partial charge in [-0.1, -0.05) is 78.3 Å². The number of aromatic nitrogens is 2. The van der Waals surface area contributed by atoms with Gasteiger partial charge in [-0.15, -0.1) is 11.3 Å². The van der Waals surface area contributed by atoms with Crippen LogP contribution >= 0.6 is 11.3 Å². The highest BCUT2D eigenvalue weighted by Crippen LogP contribution is 2.32. The van der Waals surface area contributed by atoms with Crippen molar-refractivity contribution >= 4 is 34.9 Å². The number of Topliss-reactive ketones (excluding diaryl/α,β-unsaturated/α-hetero) is 1. The van der Waals surface area contributed by atoms with Crippen LogP contribution in [0.2, 0.25) is 0 Å². The Morgan fingerprint density at radius 1 is 1.00 bits per heavy atom. The predicted molar refractivity (Wildman–Crippen MR) is 191 cm³/mol. The van der Waals surface area contributed by atoms with Crippen molar-refractivity contribution in [3.05, 3.63) is 76.0 Å². The average Bonchev–Trinajstić information content (AvgIpc) is 3.70. The van der Waals surface area contributed by atoms with Gasteiger partial charge in [-0.25, -0.2) is 4.98 Å². The third-order valence-electron chi connectivity index (χ3n) is 9.11. The lowest BCUT2D eigenvalue weighted by Crippen LogP contribution is -2.46. The zero-order valence-corrected chi connectivity index (χ0v) is 30.9. The lowest BCUT2D eigenvalue weighted by molar-refractivity contribution is -0.149. The van der Waals surface area contributed by atoms with Crippen molar-refractivity contribution in [1.82, 2.24) is 19.8 Å². The van der Waals surface area contributed by atoms with Crippen LogP contribution in [0, 0.1) is 23.7 Å². The highest BCUT2D eigenvalue weighted by atomic mass is 32.1. The number of hydrogen-bond donors (Lipinski definition) is 1. The number of esters is 1. The highest BCUT2D eigenvalue weighted by Gasteiger charge is 2.36. The first kappa shape index (κ1) is 38.7. The first-order chi connectivity index (χ1) is 22.7. The van der Waals surface area contributed by atoms with Gasteiger partial charge in [-0.05, 0) is 48.3 Å². The maximum Gasteiger partial charge on any atom is 0.303 e. The average molecular weight is 679 g/mol. The van der Waals surface area contributed by atoms with E-state index >= 15 is 0 Å². The summed E-state index contributed by atoms with van der Waals surface area (Å²) in [4.78, 5) is 59.5. The molecule has 0 bridgehead atoms. The van der Waals surface area contributed by atoms with Crippen LogP contribution < -0.4 is 5.32 Å². The van der Waals surface area contributed by atoms with Crippen LogP contribution in [0.25, 0.3) is 0 Å². The second-order valence-corrected chi connectivity index (χ2v) is 14.7. The highest BCUT2D eigenvalue weighted by molar-refractivity contribution is 7.09. The van der Waals surface area contributed by atoms with Gasteiger partial charge in [0, 0.05) is 63.4 Å². The molecule has 0 aliphatic carbocycles. The van der Waals surface area contributed by atoms with E-state index in [1.54, 1.807) is 28.0 Å². The van der Waals surface area contributed by atoms with Crippen LogP contribution in [0.4, 0.5) is 0 Å². The Hall–Kier alpha value is -3.79. The number of amides is 2. The second-order valence-electron chi connectivity index (χ2n) is 13.8. The van der Waals surface area contributed by atoms with Gasteiger partial charge < -0.3 is 19.5 Å². The molecule has 5 atom stereocenters. The number of aryl methyl sites for hydroxylation is 1. The lowest BCUT2D eigenvalue weighted by atomic mass is 9.84. The Bertz CT molecular complexity index is 1500. The summed E-state index contributed by atoms with van der Waals surface area (Å²) in [5, 5.41) is 5.37. The van der Waals surface area contributed by atoms with Crippen LogP contribution in [-0.2, 0) is 27.8 Å². The van der Waals surface area contributed by atoms with Crippen molar-refractivity contribution in [3.63, 3.8) is 0 Å². The SMILES string of the molecule is CC[C@H](C)[C@H](CC(=O)c1cccn1C)C(=O)N(C)[C@H](C[C@@H](OC(C)=O)c1nc(C(=O)N[C@@H](Cc2ccccc2)CC(C)C)cs1)C(C)C. The van der Waals surface area contributed by atoms with E-state index in [9.17, 15) is 19.2 Å². The Kier molecular flexibility index (Phi) is 14.6. The number of nitrogens with one attached hydrogen (secondary N) is 1. The summed E-state index contributed by atoms with van der Waals surface area (Å²) in [6.45, 7) is 13.7. The zero-order valence-electron chi connectivity index (χ0n) is 30.1. The minimum atomic E-state index is -0.750. The molecule has 3 aromatic rings. The van der Waals surface area contributed by atoms with E-state index in [1.165, 1.54) is 18.3 Å². The number of ether oxygens (including phenoxy) is 1. The molecule has 0 saturated carbocycles. The third-order valence-corrected chi connectivity index (χ3v) is 10.0. The van der Waals surface area contributed by atoms with Gasteiger partial charge in [0.05, 0.1) is 5.69 Å². The Morgan fingerprint density at radius 2 is 1.69 bits per heavy atom. The molecule has 262 valence electrons. The number of thiazole rings is 1. The zero-order chi connectivity index (χ0) is 35.5. The van der Waals surface area contributed by atoms with E-state index < -0.39 is 18.0 Å². The summed E-state index contributed by atoms with van der Waals surface area (Å²) in [5.41, 5.74) is 2.00. The number of benzene rings is 1. The fourth-order valence-electron chi connectivity index (χ4n) is 6.25. The van der Waals surface area contributed by atoms with Gasteiger partial charge in [-0.2, -0.15) is 0 Å². The normalized spacial score (nSPS) is 14.6. The fourth-order valence-corrected chi connectivity index (χ4v) is 7.09. The lowest BCUT2D eigenvalue weighted by Gasteiger charge is -2.36. The minimum absolute atomic E-state index is 0.00988. The Morgan fingerprint density at radius 3 is 2.25 bits per heavy atom. The number of carbonyl (C=O) groups excluding carboxylic acids is 4. The number of ketones is 1. The quantitative estimate of drug-likeness (QED) is 0.112. The number of rotatable bonds is 18. The van der Waals surface area contributed by atoms with Crippen LogP contribution in [0.5, 0.6) is 0 Å². The number of hydrogen-bond acceptors (Lipinski definition) is 7. The second kappa shape index (κ2) is 18.1. The van der Waals surface area contributed by atoms with Gasteiger partial charge in [0.2, 0.25) is 5.91 Å². The fraction of sp³-hybridized carbons (Fsp3) is 0.553. The topological polar surface area (TPSA) is 111 Å². The van der Waals surface area contributed by atoms with Gasteiger partial charge in [0.1, 0.15) is 10.7 Å². The van der Waals surface area contributed by atoms with E-state index in [4.69, 9.17) is 4.74 Å². The third kappa shape index (κ3) is 10.9. The predicted octanol–water partition coefficient (Wildman–Crippen LogP) is 7.28. The molecule has 0 radical (unpaired) electrons. The van der Waals surface area contributed by atoms with Crippen molar-refractivity contribution in [2.75, 3.05) is 7.05 Å². The van der Waals surface area contributed by atoms with Gasteiger partial charge in [-0.3, -0.25) is 19.2 Å². The molecule has 1 N–H and O–H groups in total. The number of carbonyl (C=O) groups is 4. The van der Waals surface area contributed by atoms with Crippen LogP contribution in [0.1, 0.15) is 112 Å². The summed E-state index contributed by atoms with van der Waals surface area (Å²) in [6.07, 6.45) is 3.77. The molecule has 9 nitrogen and oxygen atoms in total. The molecule has 48 heavy (non-hydrogen) atoms.